The smallest absolute Gasteiger partial charge is 0.335 e. The molecule has 3 aliphatic heterocycles. The summed E-state index contributed by atoms with van der Waals surface area (Å²) in [5.74, 6) is -0.256. The number of nitrogens with zero attached hydrogens (tertiary/aromatic N) is 2. The van der Waals surface area contributed by atoms with Gasteiger partial charge in [0.15, 0.2) is 0 Å². The van der Waals surface area contributed by atoms with Gasteiger partial charge in [-0.3, -0.25) is 4.79 Å². The Bertz CT molecular complexity index is 510. The zero-order valence-electron chi connectivity index (χ0n) is 14.4. The van der Waals surface area contributed by atoms with Gasteiger partial charge in [0.2, 0.25) is 0 Å². The Hall–Kier alpha value is -1.36. The standard InChI is InChI=1S/C18H28N2O3/c1-3-19-12-8-18(9-13-19)15(14(2)17(22)23-18)16(21)20-10-6-4-5-7-11-20/h3-13H2,1-2H3. The van der Waals surface area contributed by atoms with Crippen molar-refractivity contribution in [2.75, 3.05) is 32.7 Å². The molecule has 3 aliphatic rings. The van der Waals surface area contributed by atoms with E-state index in [9.17, 15) is 9.59 Å². The molecule has 1 spiro atoms. The summed E-state index contributed by atoms with van der Waals surface area (Å²) in [5, 5.41) is 0. The van der Waals surface area contributed by atoms with Crippen LogP contribution in [0.2, 0.25) is 0 Å². The fourth-order valence-electron chi connectivity index (χ4n) is 4.12. The highest BCUT2D eigenvalue weighted by Gasteiger charge is 2.51. The molecular formula is C18H28N2O3. The lowest BCUT2D eigenvalue weighted by atomic mass is 9.82. The molecule has 5 heteroatoms. The first-order valence-electron chi connectivity index (χ1n) is 9.04. The van der Waals surface area contributed by atoms with Crippen LogP contribution in [-0.2, 0) is 14.3 Å². The predicted octanol–water partition coefficient (Wildman–Crippen LogP) is 2.12. The van der Waals surface area contributed by atoms with Gasteiger partial charge in [-0.1, -0.05) is 19.8 Å². The molecule has 5 nitrogen and oxygen atoms in total. The summed E-state index contributed by atoms with van der Waals surface area (Å²) in [7, 11) is 0. The van der Waals surface area contributed by atoms with Crippen LogP contribution < -0.4 is 0 Å². The second-order valence-electron chi connectivity index (χ2n) is 7.02. The van der Waals surface area contributed by atoms with Gasteiger partial charge in [0, 0.05) is 44.6 Å². The number of hydrogen-bond acceptors (Lipinski definition) is 4. The van der Waals surface area contributed by atoms with Gasteiger partial charge in [0.05, 0.1) is 5.57 Å². The average molecular weight is 320 g/mol. The summed E-state index contributed by atoms with van der Waals surface area (Å²) in [4.78, 5) is 29.6. The fraction of sp³-hybridized carbons (Fsp3) is 0.778. The maximum Gasteiger partial charge on any atom is 0.335 e. The van der Waals surface area contributed by atoms with Gasteiger partial charge in [0.25, 0.3) is 5.91 Å². The van der Waals surface area contributed by atoms with Gasteiger partial charge >= 0.3 is 5.97 Å². The SMILES string of the molecule is CCN1CCC2(CC1)OC(=O)C(C)=C2C(=O)N1CCCCCC1. The number of esters is 1. The topological polar surface area (TPSA) is 49.9 Å². The third-order valence-electron chi connectivity index (χ3n) is 5.64. The molecule has 0 atom stereocenters. The van der Waals surface area contributed by atoms with Gasteiger partial charge in [-0.2, -0.15) is 0 Å². The van der Waals surface area contributed by atoms with Crippen LogP contribution >= 0.6 is 0 Å². The molecule has 0 aromatic heterocycles. The summed E-state index contributed by atoms with van der Waals surface area (Å²) >= 11 is 0. The van der Waals surface area contributed by atoms with Crippen LogP contribution in [0.15, 0.2) is 11.1 Å². The molecule has 3 rings (SSSR count). The maximum absolute atomic E-state index is 13.2. The zero-order valence-corrected chi connectivity index (χ0v) is 14.4. The predicted molar refractivity (Wildman–Crippen MR) is 87.9 cm³/mol. The van der Waals surface area contributed by atoms with Crippen LogP contribution in [0.3, 0.4) is 0 Å². The summed E-state index contributed by atoms with van der Waals surface area (Å²) in [6.07, 6.45) is 5.96. The van der Waals surface area contributed by atoms with Crippen molar-refractivity contribution < 1.29 is 14.3 Å². The van der Waals surface area contributed by atoms with Gasteiger partial charge in [-0.25, -0.2) is 4.79 Å². The molecule has 2 fully saturated rings. The Morgan fingerprint density at radius 2 is 1.70 bits per heavy atom. The number of hydrogen-bond donors (Lipinski definition) is 0. The highest BCUT2D eigenvalue weighted by atomic mass is 16.6. The first kappa shape index (κ1) is 16.5. The normalized spacial score (nSPS) is 25.7. The van der Waals surface area contributed by atoms with E-state index < -0.39 is 5.60 Å². The molecule has 0 aromatic rings. The second kappa shape index (κ2) is 6.63. The highest BCUT2D eigenvalue weighted by molar-refractivity contribution is 6.07. The van der Waals surface area contributed by atoms with E-state index in [4.69, 9.17) is 4.74 Å². The van der Waals surface area contributed by atoms with Gasteiger partial charge < -0.3 is 14.5 Å². The van der Waals surface area contributed by atoms with Crippen molar-refractivity contribution in [3.63, 3.8) is 0 Å². The van der Waals surface area contributed by atoms with E-state index in [0.29, 0.717) is 11.1 Å². The maximum atomic E-state index is 13.2. The third kappa shape index (κ3) is 3.03. The van der Waals surface area contributed by atoms with Gasteiger partial charge in [-0.05, 0) is 26.3 Å². The summed E-state index contributed by atoms with van der Waals surface area (Å²) in [6.45, 7) is 8.28. The lowest BCUT2D eigenvalue weighted by Crippen LogP contribution is -2.49. The number of piperidine rings is 1. The highest BCUT2D eigenvalue weighted by Crippen LogP contribution is 2.42. The summed E-state index contributed by atoms with van der Waals surface area (Å²) in [6, 6.07) is 0. The Morgan fingerprint density at radius 1 is 1.09 bits per heavy atom. The molecule has 0 unspecified atom stereocenters. The second-order valence-corrected chi connectivity index (χ2v) is 7.02. The van der Waals surface area contributed by atoms with E-state index in [0.717, 1.165) is 58.4 Å². The Morgan fingerprint density at radius 3 is 2.26 bits per heavy atom. The fourth-order valence-corrected chi connectivity index (χ4v) is 4.12. The van der Waals surface area contributed by atoms with Crippen LogP contribution in [0.1, 0.15) is 52.4 Å². The molecule has 0 aromatic carbocycles. The van der Waals surface area contributed by atoms with Crippen molar-refractivity contribution in [3.05, 3.63) is 11.1 Å². The molecule has 0 N–H and O–H groups in total. The number of rotatable bonds is 2. The lowest BCUT2D eigenvalue weighted by Gasteiger charge is -2.40. The minimum atomic E-state index is -0.670. The Kier molecular flexibility index (Phi) is 4.76. The Labute approximate surface area is 138 Å². The van der Waals surface area contributed by atoms with Crippen molar-refractivity contribution in [3.8, 4) is 0 Å². The van der Waals surface area contributed by atoms with E-state index in [1.54, 1.807) is 6.92 Å². The van der Waals surface area contributed by atoms with Crippen LogP contribution in [0.25, 0.3) is 0 Å². The number of likely N-dealkylation sites (tertiary alicyclic amines) is 2. The Balaban J connectivity index is 1.84. The quantitative estimate of drug-likeness (QED) is 0.731. The van der Waals surface area contributed by atoms with E-state index >= 15 is 0 Å². The number of ether oxygens (including phenoxy) is 1. The minimum absolute atomic E-state index is 0.0419. The molecule has 0 saturated carbocycles. The van der Waals surface area contributed by atoms with Crippen LogP contribution in [0.4, 0.5) is 0 Å². The van der Waals surface area contributed by atoms with Crippen LogP contribution in [-0.4, -0.2) is 60.0 Å². The van der Waals surface area contributed by atoms with Crippen molar-refractivity contribution in [1.29, 1.82) is 0 Å². The van der Waals surface area contributed by atoms with Gasteiger partial charge in [0.1, 0.15) is 5.60 Å². The molecule has 128 valence electrons. The number of amides is 1. The third-order valence-corrected chi connectivity index (χ3v) is 5.64. The molecule has 1 amide bonds. The molecule has 0 aliphatic carbocycles. The van der Waals surface area contributed by atoms with Crippen molar-refractivity contribution in [1.82, 2.24) is 9.80 Å². The number of carbonyl (C=O) groups excluding carboxylic acids is 2. The molecule has 23 heavy (non-hydrogen) atoms. The van der Waals surface area contributed by atoms with Crippen LogP contribution in [0, 0.1) is 0 Å². The molecule has 2 saturated heterocycles. The molecule has 0 bridgehead atoms. The van der Waals surface area contributed by atoms with Crippen molar-refractivity contribution in [2.45, 2.75) is 58.0 Å². The van der Waals surface area contributed by atoms with E-state index in [-0.39, 0.29) is 11.9 Å². The zero-order chi connectivity index (χ0) is 16.4. The van der Waals surface area contributed by atoms with E-state index in [1.165, 1.54) is 12.8 Å². The average Bonchev–Trinajstić information content (AvgIpc) is 2.76. The van der Waals surface area contributed by atoms with Crippen molar-refractivity contribution in [2.24, 2.45) is 0 Å². The lowest BCUT2D eigenvalue weighted by molar-refractivity contribution is -0.151. The van der Waals surface area contributed by atoms with E-state index in [1.807, 2.05) is 4.90 Å². The number of carbonyl (C=O) groups is 2. The van der Waals surface area contributed by atoms with Crippen molar-refractivity contribution >= 4 is 11.9 Å². The monoisotopic (exact) mass is 320 g/mol. The molecule has 0 radical (unpaired) electrons. The van der Waals surface area contributed by atoms with Crippen LogP contribution in [0.5, 0.6) is 0 Å². The minimum Gasteiger partial charge on any atom is -0.450 e. The molecule has 3 heterocycles. The largest absolute Gasteiger partial charge is 0.450 e. The first-order valence-corrected chi connectivity index (χ1v) is 9.04. The molecular weight excluding hydrogens is 292 g/mol. The van der Waals surface area contributed by atoms with Gasteiger partial charge in [-0.15, -0.1) is 0 Å². The summed E-state index contributed by atoms with van der Waals surface area (Å²) in [5.41, 5.74) is 0.514. The summed E-state index contributed by atoms with van der Waals surface area (Å²) < 4.78 is 5.76. The first-order chi connectivity index (χ1) is 11.1. The van der Waals surface area contributed by atoms with E-state index in [2.05, 4.69) is 11.8 Å².